The fourth-order valence-electron chi connectivity index (χ4n) is 1.12. The number of aliphatic hydroxyl groups excluding tert-OH is 1. The Hall–Kier alpha value is -0.370. The summed E-state index contributed by atoms with van der Waals surface area (Å²) < 4.78 is 0. The van der Waals surface area contributed by atoms with Crippen molar-refractivity contribution in [3.8, 4) is 0 Å². The Morgan fingerprint density at radius 3 is 1.15 bits per heavy atom. The minimum absolute atomic E-state index is 0.196. The van der Waals surface area contributed by atoms with Crippen LogP contribution in [0.25, 0.3) is 0 Å². The molecule has 80 valence electrons. The molecule has 0 amide bonds. The summed E-state index contributed by atoms with van der Waals surface area (Å²) in [5.74, 6) is 0.319. The Bertz CT molecular complexity index is 130. The van der Waals surface area contributed by atoms with Crippen molar-refractivity contribution in [2.75, 3.05) is 6.61 Å². The van der Waals surface area contributed by atoms with Crippen molar-refractivity contribution in [3.63, 3.8) is 0 Å². The Balaban J connectivity index is 0. The molecule has 0 aliphatic rings. The number of ketones is 1. The minimum atomic E-state index is -0.196. The summed E-state index contributed by atoms with van der Waals surface area (Å²) in [4.78, 5) is 11.5. The van der Waals surface area contributed by atoms with Crippen molar-refractivity contribution in [2.24, 2.45) is 10.8 Å². The van der Waals surface area contributed by atoms with Gasteiger partial charge in [0.1, 0.15) is 5.78 Å². The summed E-state index contributed by atoms with van der Waals surface area (Å²) in [5.41, 5.74) is -0.392. The van der Waals surface area contributed by atoms with Crippen molar-refractivity contribution in [2.45, 2.75) is 48.5 Å². The van der Waals surface area contributed by atoms with Crippen molar-refractivity contribution >= 4 is 5.78 Å². The molecule has 0 aromatic carbocycles. The van der Waals surface area contributed by atoms with Gasteiger partial charge in [0.25, 0.3) is 0 Å². The standard InChI is InChI=1S/C9H18O.C2H6O/c1-8(2,3)7(10)9(4,5)6;1-2-3/h1-6H3;3H,2H2,1H3. The van der Waals surface area contributed by atoms with Gasteiger partial charge >= 0.3 is 0 Å². The molecule has 0 bridgehead atoms. The molecule has 0 saturated heterocycles. The molecular weight excluding hydrogens is 164 g/mol. The maximum atomic E-state index is 11.5. The predicted octanol–water partition coefficient (Wildman–Crippen LogP) is 2.65. The van der Waals surface area contributed by atoms with Crippen molar-refractivity contribution in [1.29, 1.82) is 0 Å². The van der Waals surface area contributed by atoms with Crippen molar-refractivity contribution in [1.82, 2.24) is 0 Å². The van der Waals surface area contributed by atoms with Gasteiger partial charge in [-0.3, -0.25) is 4.79 Å². The number of hydrogen-bond donors (Lipinski definition) is 1. The van der Waals surface area contributed by atoms with Gasteiger partial charge < -0.3 is 5.11 Å². The largest absolute Gasteiger partial charge is 0.397 e. The molecule has 0 spiro atoms. The highest BCUT2D eigenvalue weighted by Crippen LogP contribution is 2.27. The summed E-state index contributed by atoms with van der Waals surface area (Å²) in [6.07, 6.45) is 0. The second-order valence-electron chi connectivity index (χ2n) is 5.15. The van der Waals surface area contributed by atoms with Gasteiger partial charge in [-0.05, 0) is 6.92 Å². The first-order valence-electron chi connectivity index (χ1n) is 4.73. The van der Waals surface area contributed by atoms with Gasteiger partial charge in [-0.25, -0.2) is 0 Å². The van der Waals surface area contributed by atoms with Crippen LogP contribution in [0.3, 0.4) is 0 Å². The molecule has 0 aliphatic carbocycles. The molecule has 0 aromatic rings. The molecule has 0 aliphatic heterocycles. The van der Waals surface area contributed by atoms with Gasteiger partial charge in [-0.15, -0.1) is 0 Å². The second kappa shape index (κ2) is 5.38. The minimum Gasteiger partial charge on any atom is -0.397 e. The maximum Gasteiger partial charge on any atom is 0.143 e. The number of carbonyl (C=O) groups excluding carboxylic acids is 1. The van der Waals surface area contributed by atoms with Crippen LogP contribution in [0.4, 0.5) is 0 Å². The van der Waals surface area contributed by atoms with E-state index in [-0.39, 0.29) is 17.4 Å². The van der Waals surface area contributed by atoms with E-state index in [2.05, 4.69) is 0 Å². The van der Waals surface area contributed by atoms with Crippen LogP contribution in [0.15, 0.2) is 0 Å². The molecule has 0 fully saturated rings. The lowest BCUT2D eigenvalue weighted by atomic mass is 9.76. The van der Waals surface area contributed by atoms with Gasteiger partial charge in [-0.1, -0.05) is 41.5 Å². The average molecular weight is 188 g/mol. The first-order valence-corrected chi connectivity index (χ1v) is 4.73. The summed E-state index contributed by atoms with van der Waals surface area (Å²) in [5, 5.41) is 7.57. The third-order valence-corrected chi connectivity index (χ3v) is 1.36. The van der Waals surface area contributed by atoms with Gasteiger partial charge in [0.2, 0.25) is 0 Å². The quantitative estimate of drug-likeness (QED) is 0.634. The lowest BCUT2D eigenvalue weighted by Crippen LogP contribution is -2.32. The molecule has 0 aromatic heterocycles. The molecule has 0 atom stereocenters. The molecule has 1 N–H and O–H groups in total. The number of rotatable bonds is 0. The fourth-order valence-corrected chi connectivity index (χ4v) is 1.12. The Kier molecular flexibility index (Phi) is 6.26. The van der Waals surface area contributed by atoms with E-state index >= 15 is 0 Å². The molecule has 2 heteroatoms. The second-order valence-corrected chi connectivity index (χ2v) is 5.15. The van der Waals surface area contributed by atoms with Crippen LogP contribution in [-0.2, 0) is 4.79 Å². The third kappa shape index (κ3) is 7.97. The monoisotopic (exact) mass is 188 g/mol. The van der Waals surface area contributed by atoms with Crippen LogP contribution < -0.4 is 0 Å². The molecule has 0 radical (unpaired) electrons. The highest BCUT2D eigenvalue weighted by atomic mass is 16.2. The van der Waals surface area contributed by atoms with E-state index in [9.17, 15) is 4.79 Å². The number of Topliss-reactive ketones (excluding diaryl/α,β-unsaturated/α-hetero) is 1. The van der Waals surface area contributed by atoms with Gasteiger partial charge in [0.05, 0.1) is 0 Å². The molecule has 0 heterocycles. The highest BCUT2D eigenvalue weighted by molar-refractivity contribution is 5.88. The molecule has 2 nitrogen and oxygen atoms in total. The van der Waals surface area contributed by atoms with Crippen LogP contribution in [0, 0.1) is 10.8 Å². The zero-order chi connectivity index (χ0) is 11.3. The third-order valence-electron chi connectivity index (χ3n) is 1.36. The van der Waals surface area contributed by atoms with Gasteiger partial charge in [-0.2, -0.15) is 0 Å². The summed E-state index contributed by atoms with van der Waals surface area (Å²) in [6.45, 7) is 13.7. The van der Waals surface area contributed by atoms with E-state index in [4.69, 9.17) is 5.11 Å². The zero-order valence-corrected chi connectivity index (χ0v) is 10.1. The van der Waals surface area contributed by atoms with E-state index in [1.807, 2.05) is 41.5 Å². The van der Waals surface area contributed by atoms with E-state index in [0.717, 1.165) is 0 Å². The van der Waals surface area contributed by atoms with Gasteiger partial charge in [0.15, 0.2) is 0 Å². The molecule has 13 heavy (non-hydrogen) atoms. The van der Waals surface area contributed by atoms with Gasteiger partial charge in [0, 0.05) is 17.4 Å². The van der Waals surface area contributed by atoms with Crippen LogP contribution in [0.5, 0.6) is 0 Å². The lowest BCUT2D eigenvalue weighted by molar-refractivity contribution is -0.134. The van der Waals surface area contributed by atoms with E-state index < -0.39 is 0 Å². The smallest absolute Gasteiger partial charge is 0.143 e. The summed E-state index contributed by atoms with van der Waals surface area (Å²) in [6, 6.07) is 0. The maximum absolute atomic E-state index is 11.5. The zero-order valence-electron chi connectivity index (χ0n) is 10.1. The number of carbonyl (C=O) groups is 1. The Morgan fingerprint density at radius 2 is 1.15 bits per heavy atom. The average Bonchev–Trinajstić information content (AvgIpc) is 1.84. The first kappa shape index (κ1) is 15.1. The van der Waals surface area contributed by atoms with E-state index in [0.29, 0.717) is 5.78 Å². The summed E-state index contributed by atoms with van der Waals surface area (Å²) >= 11 is 0. The first-order chi connectivity index (χ1) is 5.57. The number of aliphatic hydroxyl groups is 1. The highest BCUT2D eigenvalue weighted by Gasteiger charge is 2.31. The topological polar surface area (TPSA) is 37.3 Å². The normalized spacial score (nSPS) is 11.7. The Morgan fingerprint density at radius 1 is 1.00 bits per heavy atom. The SMILES string of the molecule is CC(C)(C)C(=O)C(C)(C)C.CCO. The Labute approximate surface area is 82.4 Å². The molecule has 0 unspecified atom stereocenters. The van der Waals surface area contributed by atoms with Crippen LogP contribution in [0.1, 0.15) is 48.5 Å². The van der Waals surface area contributed by atoms with Crippen molar-refractivity contribution < 1.29 is 9.90 Å². The van der Waals surface area contributed by atoms with E-state index in [1.165, 1.54) is 0 Å². The number of hydrogen-bond acceptors (Lipinski definition) is 2. The predicted molar refractivity (Wildman–Crippen MR) is 56.7 cm³/mol. The molecule has 0 saturated carbocycles. The van der Waals surface area contributed by atoms with Crippen LogP contribution in [-0.4, -0.2) is 17.5 Å². The lowest BCUT2D eigenvalue weighted by Gasteiger charge is -2.26. The molecular formula is C11H24O2. The van der Waals surface area contributed by atoms with E-state index in [1.54, 1.807) is 6.92 Å². The van der Waals surface area contributed by atoms with Crippen LogP contribution >= 0.6 is 0 Å². The molecule has 0 rings (SSSR count). The van der Waals surface area contributed by atoms with Crippen molar-refractivity contribution in [3.05, 3.63) is 0 Å². The summed E-state index contributed by atoms with van der Waals surface area (Å²) in [7, 11) is 0. The van der Waals surface area contributed by atoms with Crippen LogP contribution in [0.2, 0.25) is 0 Å². The fraction of sp³-hybridized carbons (Fsp3) is 0.909.